The predicted octanol–water partition coefficient (Wildman–Crippen LogP) is 2.78. The number of hydrogen-bond donors (Lipinski definition) is 2. The van der Waals surface area contributed by atoms with Gasteiger partial charge in [-0.3, -0.25) is 25.2 Å². The average molecular weight is 399 g/mol. The van der Waals surface area contributed by atoms with Crippen molar-refractivity contribution in [1.82, 2.24) is 20.6 Å². The summed E-state index contributed by atoms with van der Waals surface area (Å²) in [5.41, 5.74) is 4.85. The van der Waals surface area contributed by atoms with E-state index in [1.807, 2.05) is 13.8 Å². The number of rotatable bonds is 4. The van der Waals surface area contributed by atoms with E-state index in [9.17, 15) is 14.4 Å². The molecule has 3 rings (SSSR count). The fraction of sp³-hybridized carbons (Fsp3) is 0.200. The molecule has 3 aromatic rings. The molecule has 0 saturated carbocycles. The zero-order valence-electron chi connectivity index (χ0n) is 15.4. The molecule has 2 N–H and O–H groups in total. The maximum Gasteiger partial charge on any atom is 0.290 e. The summed E-state index contributed by atoms with van der Waals surface area (Å²) in [6, 6.07) is 13.0. The second-order valence-electron chi connectivity index (χ2n) is 6.69. The third kappa shape index (κ3) is 4.20. The Labute approximate surface area is 166 Å². The fourth-order valence-electron chi connectivity index (χ4n) is 2.72. The van der Waals surface area contributed by atoms with Crippen LogP contribution >= 0.6 is 11.6 Å². The Morgan fingerprint density at radius 1 is 1.00 bits per heavy atom. The molecule has 7 nitrogen and oxygen atoms in total. The van der Waals surface area contributed by atoms with Crippen LogP contribution in [0.3, 0.4) is 0 Å². The molecule has 0 aliphatic carbocycles. The molecular formula is C20H19ClN4O3. The van der Waals surface area contributed by atoms with Gasteiger partial charge >= 0.3 is 0 Å². The molecule has 8 heteroatoms. The first kappa shape index (κ1) is 19.6. The van der Waals surface area contributed by atoms with Crippen molar-refractivity contribution in [1.29, 1.82) is 0 Å². The molecule has 1 heterocycles. The lowest BCUT2D eigenvalue weighted by molar-refractivity contribution is 0.0843. The van der Waals surface area contributed by atoms with E-state index in [4.69, 9.17) is 11.6 Å². The van der Waals surface area contributed by atoms with Crippen LogP contribution in [0.2, 0.25) is 5.02 Å². The van der Waals surface area contributed by atoms with Crippen molar-refractivity contribution in [2.45, 2.75) is 20.4 Å². The third-order valence-electron chi connectivity index (χ3n) is 4.02. The van der Waals surface area contributed by atoms with Crippen molar-refractivity contribution >= 4 is 34.2 Å². The highest BCUT2D eigenvalue weighted by atomic mass is 35.5. The van der Waals surface area contributed by atoms with Crippen LogP contribution in [0.5, 0.6) is 0 Å². The zero-order chi connectivity index (χ0) is 20.3. The highest BCUT2D eigenvalue weighted by molar-refractivity contribution is 6.30. The molecule has 0 aliphatic rings. The summed E-state index contributed by atoms with van der Waals surface area (Å²) in [5.74, 6) is -0.937. The number of carbonyl (C=O) groups excluding carboxylic acids is 2. The number of amides is 2. The van der Waals surface area contributed by atoms with E-state index < -0.39 is 11.8 Å². The molecule has 144 valence electrons. The number of hydrogen-bond acceptors (Lipinski definition) is 4. The molecular weight excluding hydrogens is 380 g/mol. The van der Waals surface area contributed by atoms with Crippen LogP contribution in [0.1, 0.15) is 34.7 Å². The quantitative estimate of drug-likeness (QED) is 0.661. The molecule has 0 unspecified atom stereocenters. The molecule has 0 aliphatic heterocycles. The minimum atomic E-state index is -0.615. The van der Waals surface area contributed by atoms with Gasteiger partial charge in [-0.1, -0.05) is 43.6 Å². The molecule has 0 saturated heterocycles. The number of carbonyl (C=O) groups is 2. The number of halogens is 1. The predicted molar refractivity (Wildman–Crippen MR) is 107 cm³/mol. The summed E-state index contributed by atoms with van der Waals surface area (Å²) in [7, 11) is 0. The molecule has 1 aromatic heterocycles. The number of hydrazine groups is 1. The van der Waals surface area contributed by atoms with Gasteiger partial charge in [0.1, 0.15) is 0 Å². The van der Waals surface area contributed by atoms with Crippen molar-refractivity contribution in [2.24, 2.45) is 5.92 Å². The number of fused-ring (bicyclic) bond motifs is 1. The molecule has 2 aromatic carbocycles. The summed E-state index contributed by atoms with van der Waals surface area (Å²) in [5, 5.41) is 5.55. The Kier molecular flexibility index (Phi) is 5.75. The van der Waals surface area contributed by atoms with Gasteiger partial charge in [-0.05, 0) is 36.2 Å². The van der Waals surface area contributed by atoms with Crippen molar-refractivity contribution in [3.63, 3.8) is 0 Å². The van der Waals surface area contributed by atoms with Gasteiger partial charge in [0, 0.05) is 22.5 Å². The first-order valence-electron chi connectivity index (χ1n) is 8.73. The Morgan fingerprint density at radius 3 is 2.25 bits per heavy atom. The van der Waals surface area contributed by atoms with Gasteiger partial charge in [0.25, 0.3) is 17.4 Å². The standard InChI is InChI=1S/C20H19ClN4O3/c1-12(2)11-25-20(28)16-6-4-3-5-15(16)17(24-25)19(27)23-22-18(26)13-7-9-14(21)10-8-13/h3-10,12H,11H2,1-2H3,(H,22,26)(H,23,27). The molecule has 2 amide bonds. The van der Waals surface area contributed by atoms with Crippen molar-refractivity contribution < 1.29 is 9.59 Å². The summed E-state index contributed by atoms with van der Waals surface area (Å²) in [4.78, 5) is 37.5. The summed E-state index contributed by atoms with van der Waals surface area (Å²) >= 11 is 5.81. The number of benzene rings is 2. The summed E-state index contributed by atoms with van der Waals surface area (Å²) in [6.45, 7) is 4.28. The van der Waals surface area contributed by atoms with E-state index in [1.54, 1.807) is 48.5 Å². The minimum absolute atomic E-state index is 0.0623. The van der Waals surface area contributed by atoms with Crippen LogP contribution < -0.4 is 16.4 Å². The minimum Gasteiger partial charge on any atom is -0.267 e. The average Bonchev–Trinajstić information content (AvgIpc) is 2.68. The molecule has 0 fully saturated rings. The van der Waals surface area contributed by atoms with E-state index in [-0.39, 0.29) is 17.2 Å². The largest absolute Gasteiger partial charge is 0.290 e. The smallest absolute Gasteiger partial charge is 0.267 e. The molecule has 0 bridgehead atoms. The van der Waals surface area contributed by atoms with Crippen molar-refractivity contribution in [3.05, 3.63) is 75.2 Å². The van der Waals surface area contributed by atoms with Gasteiger partial charge in [0.15, 0.2) is 5.69 Å². The van der Waals surface area contributed by atoms with Crippen molar-refractivity contribution in [2.75, 3.05) is 0 Å². The topological polar surface area (TPSA) is 93.1 Å². The maximum atomic E-state index is 12.7. The van der Waals surface area contributed by atoms with Gasteiger partial charge in [-0.2, -0.15) is 5.10 Å². The Bertz CT molecular complexity index is 1090. The molecule has 0 spiro atoms. The zero-order valence-corrected chi connectivity index (χ0v) is 16.2. The van der Waals surface area contributed by atoms with Crippen LogP contribution in [0.15, 0.2) is 53.3 Å². The molecule has 28 heavy (non-hydrogen) atoms. The lowest BCUT2D eigenvalue weighted by Crippen LogP contribution is -2.42. The first-order valence-corrected chi connectivity index (χ1v) is 9.10. The monoisotopic (exact) mass is 398 g/mol. The van der Waals surface area contributed by atoms with Gasteiger partial charge in [-0.15, -0.1) is 0 Å². The lowest BCUT2D eigenvalue weighted by Gasteiger charge is -2.13. The highest BCUT2D eigenvalue weighted by Gasteiger charge is 2.18. The Morgan fingerprint density at radius 2 is 1.61 bits per heavy atom. The number of aromatic nitrogens is 2. The Balaban J connectivity index is 1.88. The first-order chi connectivity index (χ1) is 13.4. The third-order valence-corrected chi connectivity index (χ3v) is 4.27. The maximum absolute atomic E-state index is 12.7. The molecule has 0 atom stereocenters. The van der Waals surface area contributed by atoms with Crippen LogP contribution in [0.4, 0.5) is 0 Å². The van der Waals surface area contributed by atoms with E-state index in [1.165, 1.54) is 4.68 Å². The normalized spacial score (nSPS) is 10.9. The highest BCUT2D eigenvalue weighted by Crippen LogP contribution is 2.14. The molecule has 0 radical (unpaired) electrons. The van der Waals surface area contributed by atoms with Crippen LogP contribution in [-0.2, 0) is 6.54 Å². The summed E-state index contributed by atoms with van der Waals surface area (Å²) in [6.07, 6.45) is 0. The number of nitrogens with zero attached hydrogens (tertiary/aromatic N) is 2. The fourth-order valence-corrected chi connectivity index (χ4v) is 2.84. The van der Waals surface area contributed by atoms with Crippen LogP contribution in [0.25, 0.3) is 10.8 Å². The SMILES string of the molecule is CC(C)Cn1nc(C(=O)NNC(=O)c2ccc(Cl)cc2)c2ccccc2c1=O. The van der Waals surface area contributed by atoms with Crippen molar-refractivity contribution in [3.8, 4) is 0 Å². The second-order valence-corrected chi connectivity index (χ2v) is 7.13. The second kappa shape index (κ2) is 8.22. The van der Waals surface area contributed by atoms with E-state index in [0.29, 0.717) is 27.9 Å². The van der Waals surface area contributed by atoms with E-state index in [2.05, 4.69) is 16.0 Å². The Hall–Kier alpha value is -3.19. The van der Waals surface area contributed by atoms with Crippen LogP contribution in [0, 0.1) is 5.92 Å². The van der Waals surface area contributed by atoms with Gasteiger partial charge in [0.2, 0.25) is 0 Å². The van der Waals surface area contributed by atoms with Crippen LogP contribution in [-0.4, -0.2) is 21.6 Å². The van der Waals surface area contributed by atoms with Gasteiger partial charge in [-0.25, -0.2) is 4.68 Å². The van der Waals surface area contributed by atoms with Gasteiger partial charge in [0.05, 0.1) is 5.39 Å². The summed E-state index contributed by atoms with van der Waals surface area (Å²) < 4.78 is 1.28. The number of nitrogens with one attached hydrogen (secondary N) is 2. The van der Waals surface area contributed by atoms with E-state index >= 15 is 0 Å². The lowest BCUT2D eigenvalue weighted by atomic mass is 10.1. The van der Waals surface area contributed by atoms with Gasteiger partial charge < -0.3 is 0 Å². The van der Waals surface area contributed by atoms with E-state index in [0.717, 1.165) is 0 Å².